The zero-order valence-corrected chi connectivity index (χ0v) is 16.4. The Bertz CT molecular complexity index is 545. The minimum absolute atomic E-state index is 0.00319. The van der Waals surface area contributed by atoms with Crippen LogP contribution in [0, 0.1) is 30.5 Å². The molecule has 1 amide bonds. The van der Waals surface area contributed by atoms with Crippen molar-refractivity contribution in [2.24, 2.45) is 17.8 Å². The minimum atomic E-state index is -0.360. The van der Waals surface area contributed by atoms with Crippen molar-refractivity contribution in [1.82, 2.24) is 5.32 Å². The van der Waals surface area contributed by atoms with Gasteiger partial charge in [-0.2, -0.15) is 0 Å². The summed E-state index contributed by atoms with van der Waals surface area (Å²) < 4.78 is 17.1. The molecule has 0 aromatic heterocycles. The zero-order chi connectivity index (χ0) is 19.5. The number of carbonyl (C=O) groups is 2. The van der Waals surface area contributed by atoms with E-state index in [4.69, 9.17) is 4.74 Å². The van der Waals surface area contributed by atoms with Crippen molar-refractivity contribution < 1.29 is 18.7 Å². The van der Waals surface area contributed by atoms with E-state index in [0.29, 0.717) is 18.1 Å². The molecule has 1 aromatic rings. The highest BCUT2D eigenvalue weighted by molar-refractivity contribution is 5.83. The number of amides is 1. The van der Waals surface area contributed by atoms with E-state index in [0.717, 1.165) is 31.6 Å². The van der Waals surface area contributed by atoms with E-state index in [-0.39, 0.29) is 30.2 Å². The summed E-state index contributed by atoms with van der Waals surface area (Å²) in [4.78, 5) is 23.0. The molecule has 0 saturated heterocycles. The summed E-state index contributed by atoms with van der Waals surface area (Å²) in [7, 11) is 0. The molecule has 0 radical (unpaired) electrons. The lowest BCUT2D eigenvalue weighted by Gasteiger charge is -2.30. The Morgan fingerprint density at radius 2 is 1.81 bits per heavy atom. The fraction of sp³-hybridized carbons (Fsp3) is 0.619. The third kappa shape index (κ3) is 7.98. The summed E-state index contributed by atoms with van der Waals surface area (Å²) in [5, 5.41) is 2.67. The number of carbonyl (C=O) groups excluding carboxylic acids is 2. The largest absolute Gasteiger partial charge is 0.465 e. The zero-order valence-electron chi connectivity index (χ0n) is 16.4. The van der Waals surface area contributed by atoms with Gasteiger partial charge in [-0.15, -0.1) is 0 Å². The Labute approximate surface area is 156 Å². The number of esters is 1. The lowest BCUT2D eigenvalue weighted by Crippen LogP contribution is -2.37. The molecule has 0 aliphatic heterocycles. The fourth-order valence-corrected chi connectivity index (χ4v) is 3.11. The molecule has 1 fully saturated rings. The van der Waals surface area contributed by atoms with Crippen LogP contribution < -0.4 is 5.32 Å². The molecule has 1 aliphatic rings. The highest BCUT2D eigenvalue weighted by Gasteiger charge is 2.27. The third-order valence-electron chi connectivity index (χ3n) is 4.87. The molecule has 0 heterocycles. The maximum Gasteiger partial charge on any atom is 0.325 e. The SMILES string of the molecule is CCOC(=O)CNC(=O)C1CCC(C(C)C)CC1.Cc1ccccc1F. The number of benzene rings is 1. The number of aryl methyl sites for hydroxylation is 1. The van der Waals surface area contributed by atoms with Gasteiger partial charge in [0, 0.05) is 5.92 Å². The summed E-state index contributed by atoms with van der Waals surface area (Å²) in [5.41, 5.74) is 0.701. The maximum atomic E-state index is 12.3. The maximum absolute atomic E-state index is 12.3. The molecule has 2 rings (SSSR count). The molecule has 0 atom stereocenters. The van der Waals surface area contributed by atoms with E-state index >= 15 is 0 Å². The Kier molecular flexibility index (Phi) is 9.92. The molecule has 5 heteroatoms. The summed E-state index contributed by atoms with van der Waals surface area (Å²) in [5.74, 6) is 1.04. The highest BCUT2D eigenvalue weighted by Crippen LogP contribution is 2.33. The van der Waals surface area contributed by atoms with Gasteiger partial charge in [0.2, 0.25) is 5.91 Å². The second-order valence-electron chi connectivity index (χ2n) is 7.13. The van der Waals surface area contributed by atoms with Crippen LogP contribution in [0.5, 0.6) is 0 Å². The van der Waals surface area contributed by atoms with Crippen LogP contribution in [-0.2, 0) is 14.3 Å². The average molecular weight is 365 g/mol. The molecule has 26 heavy (non-hydrogen) atoms. The van der Waals surface area contributed by atoms with Crippen molar-refractivity contribution in [1.29, 1.82) is 0 Å². The van der Waals surface area contributed by atoms with Crippen LogP contribution in [0.1, 0.15) is 52.0 Å². The smallest absolute Gasteiger partial charge is 0.325 e. The van der Waals surface area contributed by atoms with Gasteiger partial charge in [0.15, 0.2) is 0 Å². The van der Waals surface area contributed by atoms with E-state index in [1.54, 1.807) is 26.0 Å². The van der Waals surface area contributed by atoms with Crippen LogP contribution in [0.4, 0.5) is 4.39 Å². The molecule has 0 spiro atoms. The molecular weight excluding hydrogens is 333 g/mol. The van der Waals surface area contributed by atoms with Crippen molar-refractivity contribution in [3.8, 4) is 0 Å². The van der Waals surface area contributed by atoms with Gasteiger partial charge in [-0.1, -0.05) is 32.0 Å². The van der Waals surface area contributed by atoms with Gasteiger partial charge in [-0.05, 0) is 63.0 Å². The van der Waals surface area contributed by atoms with Crippen molar-refractivity contribution >= 4 is 11.9 Å². The molecule has 0 bridgehead atoms. The van der Waals surface area contributed by atoms with Crippen molar-refractivity contribution in [2.75, 3.05) is 13.2 Å². The Balaban J connectivity index is 0.000000350. The fourth-order valence-electron chi connectivity index (χ4n) is 3.11. The molecule has 1 aliphatic carbocycles. The molecule has 0 unspecified atom stereocenters. The topological polar surface area (TPSA) is 55.4 Å². The second kappa shape index (κ2) is 11.7. The number of ether oxygens (including phenoxy) is 1. The lowest BCUT2D eigenvalue weighted by molar-refractivity contribution is -0.144. The quantitative estimate of drug-likeness (QED) is 0.793. The van der Waals surface area contributed by atoms with E-state index in [1.807, 2.05) is 6.07 Å². The number of hydrogen-bond donors (Lipinski definition) is 1. The summed E-state index contributed by atoms with van der Waals surface area (Å²) >= 11 is 0. The lowest BCUT2D eigenvalue weighted by atomic mass is 9.77. The molecular formula is C21H32FNO3. The average Bonchev–Trinajstić information content (AvgIpc) is 2.63. The molecule has 146 valence electrons. The predicted molar refractivity (Wildman–Crippen MR) is 101 cm³/mol. The van der Waals surface area contributed by atoms with Crippen LogP contribution >= 0.6 is 0 Å². The van der Waals surface area contributed by atoms with E-state index in [9.17, 15) is 14.0 Å². The van der Waals surface area contributed by atoms with E-state index in [2.05, 4.69) is 19.2 Å². The number of nitrogens with one attached hydrogen (secondary N) is 1. The standard InChI is InChI=1S/C14H25NO3.C7H7F/c1-4-18-13(16)9-15-14(17)12-7-5-11(6-8-12)10(2)3;1-6-4-2-3-5-7(6)8/h10-12H,4-9H2,1-3H3,(H,15,17);2-5H,1H3. The van der Waals surface area contributed by atoms with Gasteiger partial charge >= 0.3 is 5.97 Å². The molecule has 4 nitrogen and oxygen atoms in total. The minimum Gasteiger partial charge on any atom is -0.465 e. The molecule has 1 saturated carbocycles. The molecule has 1 aromatic carbocycles. The monoisotopic (exact) mass is 365 g/mol. The number of halogens is 1. The van der Waals surface area contributed by atoms with Crippen molar-refractivity contribution in [3.05, 3.63) is 35.6 Å². The Morgan fingerprint density at radius 1 is 1.19 bits per heavy atom. The first-order valence-corrected chi connectivity index (χ1v) is 9.49. The van der Waals surface area contributed by atoms with Gasteiger partial charge in [0.1, 0.15) is 12.4 Å². The van der Waals surface area contributed by atoms with Crippen molar-refractivity contribution in [3.63, 3.8) is 0 Å². The van der Waals surface area contributed by atoms with Gasteiger partial charge in [-0.25, -0.2) is 4.39 Å². The van der Waals surface area contributed by atoms with Gasteiger partial charge < -0.3 is 10.1 Å². The first-order chi connectivity index (χ1) is 12.3. The van der Waals surface area contributed by atoms with Gasteiger partial charge in [0.05, 0.1) is 6.61 Å². The Hall–Kier alpha value is -1.91. The van der Waals surface area contributed by atoms with Gasteiger partial charge in [0.25, 0.3) is 0 Å². The number of hydrogen-bond acceptors (Lipinski definition) is 3. The first kappa shape index (κ1) is 22.1. The van der Waals surface area contributed by atoms with Crippen LogP contribution in [0.25, 0.3) is 0 Å². The summed E-state index contributed by atoms with van der Waals surface area (Å²) in [6, 6.07) is 6.70. The van der Waals surface area contributed by atoms with Crippen molar-refractivity contribution in [2.45, 2.75) is 53.4 Å². The predicted octanol–water partition coefficient (Wildman–Crippen LogP) is 4.26. The van der Waals surface area contributed by atoms with E-state index < -0.39 is 0 Å². The third-order valence-corrected chi connectivity index (χ3v) is 4.87. The highest BCUT2D eigenvalue weighted by atomic mass is 19.1. The second-order valence-corrected chi connectivity index (χ2v) is 7.13. The normalized spacial score (nSPS) is 19.3. The van der Waals surface area contributed by atoms with Crippen LogP contribution in [-0.4, -0.2) is 25.0 Å². The van der Waals surface area contributed by atoms with Gasteiger partial charge in [-0.3, -0.25) is 9.59 Å². The summed E-state index contributed by atoms with van der Waals surface area (Å²) in [6.45, 7) is 8.34. The summed E-state index contributed by atoms with van der Waals surface area (Å²) in [6.07, 6.45) is 4.12. The van der Waals surface area contributed by atoms with Crippen LogP contribution in [0.3, 0.4) is 0 Å². The number of rotatable bonds is 5. The van der Waals surface area contributed by atoms with E-state index in [1.165, 1.54) is 6.07 Å². The van der Waals surface area contributed by atoms with Crippen LogP contribution in [0.15, 0.2) is 24.3 Å². The Morgan fingerprint density at radius 3 is 2.27 bits per heavy atom. The first-order valence-electron chi connectivity index (χ1n) is 9.49. The van der Waals surface area contributed by atoms with Crippen LogP contribution in [0.2, 0.25) is 0 Å². The molecule has 1 N–H and O–H groups in total.